The standard InChI is InChI=1S/C32H28BrClN8O3/c1-45-32(44)37-23-11-12-25(26(33)17-23)27-18-35-31(38-27)30-24(20-6-3-2-4-7-20)8-5-15-41(30)29(43)14-9-21-16-22(34)10-13-28(21)42-19-36-39-40-42/h2-4,6-7,9-14,16-19,24,30H,5,8,15H2,1H3,(H,35,38)(H,37,44). The SMILES string of the molecule is COC(=O)Nc1ccc(-c2cnc(C3C(c4ccccc4)CCCN3C(=O)C=Cc3cc(Cl)ccc3-n3cnnn3)[nH]2)c(Br)c1. The molecule has 228 valence electrons. The molecular formula is C32H28BrClN8O3. The summed E-state index contributed by atoms with van der Waals surface area (Å²) >= 11 is 9.92. The zero-order valence-corrected chi connectivity index (χ0v) is 26.4. The number of rotatable bonds is 7. The first kappa shape index (κ1) is 30.2. The summed E-state index contributed by atoms with van der Waals surface area (Å²) in [5, 5.41) is 14.6. The highest BCUT2D eigenvalue weighted by atomic mass is 79.9. The zero-order chi connectivity index (χ0) is 31.3. The molecule has 13 heteroatoms. The molecule has 2 unspecified atom stereocenters. The average Bonchev–Trinajstić information content (AvgIpc) is 3.77. The van der Waals surface area contributed by atoms with E-state index in [4.69, 9.17) is 21.3 Å². The van der Waals surface area contributed by atoms with Crippen LogP contribution in [0.4, 0.5) is 10.5 Å². The number of likely N-dealkylation sites (tertiary alicyclic amines) is 1. The van der Waals surface area contributed by atoms with Crippen molar-refractivity contribution in [1.29, 1.82) is 0 Å². The van der Waals surface area contributed by atoms with E-state index in [0.29, 0.717) is 34.3 Å². The topological polar surface area (TPSA) is 131 Å². The number of H-pyrrole nitrogens is 1. The maximum atomic E-state index is 14.0. The number of benzene rings is 3. The van der Waals surface area contributed by atoms with Crippen LogP contribution in [0.5, 0.6) is 0 Å². The van der Waals surface area contributed by atoms with Crippen molar-refractivity contribution in [3.8, 4) is 16.9 Å². The lowest BCUT2D eigenvalue weighted by Gasteiger charge is -2.40. The molecular weight excluding hydrogens is 660 g/mol. The summed E-state index contributed by atoms with van der Waals surface area (Å²) in [6, 6.07) is 20.6. The Bertz CT molecular complexity index is 1840. The number of hydrogen-bond donors (Lipinski definition) is 2. The first-order valence-corrected chi connectivity index (χ1v) is 15.3. The third-order valence-corrected chi connectivity index (χ3v) is 8.59. The molecule has 0 radical (unpaired) electrons. The van der Waals surface area contributed by atoms with E-state index in [-0.39, 0.29) is 17.9 Å². The number of amides is 2. The van der Waals surface area contributed by atoms with Gasteiger partial charge in [-0.15, -0.1) is 5.10 Å². The third kappa shape index (κ3) is 6.66. The smallest absolute Gasteiger partial charge is 0.411 e. The Hall–Kier alpha value is -4.81. The summed E-state index contributed by atoms with van der Waals surface area (Å²) in [5.74, 6) is 0.552. The van der Waals surface area contributed by atoms with Crippen molar-refractivity contribution >= 4 is 51.3 Å². The van der Waals surface area contributed by atoms with Gasteiger partial charge >= 0.3 is 6.09 Å². The quantitative estimate of drug-likeness (QED) is 0.180. The van der Waals surface area contributed by atoms with Crippen molar-refractivity contribution in [1.82, 2.24) is 35.1 Å². The van der Waals surface area contributed by atoms with Crippen LogP contribution < -0.4 is 5.32 Å². The van der Waals surface area contributed by atoms with Crippen molar-refractivity contribution < 1.29 is 14.3 Å². The van der Waals surface area contributed by atoms with Crippen molar-refractivity contribution in [3.05, 3.63) is 112 Å². The summed E-state index contributed by atoms with van der Waals surface area (Å²) in [6.45, 7) is 0.570. The van der Waals surface area contributed by atoms with Crippen molar-refractivity contribution in [3.63, 3.8) is 0 Å². The molecule has 11 nitrogen and oxygen atoms in total. The molecule has 45 heavy (non-hydrogen) atoms. The summed E-state index contributed by atoms with van der Waals surface area (Å²) in [7, 11) is 1.31. The minimum Gasteiger partial charge on any atom is -0.453 e. The van der Waals surface area contributed by atoms with Gasteiger partial charge in [0.2, 0.25) is 5.91 Å². The number of aromatic nitrogens is 6. The fourth-order valence-electron chi connectivity index (χ4n) is 5.63. The fraction of sp³-hybridized carbons (Fsp3) is 0.188. The first-order chi connectivity index (χ1) is 21.9. The predicted molar refractivity (Wildman–Crippen MR) is 174 cm³/mol. The van der Waals surface area contributed by atoms with Gasteiger partial charge in [0.05, 0.1) is 30.7 Å². The van der Waals surface area contributed by atoms with Crippen LogP contribution in [-0.2, 0) is 9.53 Å². The van der Waals surface area contributed by atoms with Gasteiger partial charge in [-0.2, -0.15) is 4.68 Å². The van der Waals surface area contributed by atoms with Gasteiger partial charge in [-0.25, -0.2) is 9.78 Å². The molecule has 2 aromatic heterocycles. The van der Waals surface area contributed by atoms with Crippen LogP contribution in [0.2, 0.25) is 5.02 Å². The van der Waals surface area contributed by atoms with Gasteiger partial charge in [-0.3, -0.25) is 10.1 Å². The summed E-state index contributed by atoms with van der Waals surface area (Å²) < 4.78 is 6.97. The molecule has 0 aliphatic carbocycles. The number of nitrogens with one attached hydrogen (secondary N) is 2. The number of anilines is 1. The van der Waals surface area contributed by atoms with E-state index in [0.717, 1.165) is 34.1 Å². The van der Waals surface area contributed by atoms with E-state index in [2.05, 4.69) is 53.9 Å². The molecule has 6 rings (SSSR count). The van der Waals surface area contributed by atoms with Crippen LogP contribution in [0, 0.1) is 0 Å². The Morgan fingerprint density at radius 2 is 1.98 bits per heavy atom. The number of methoxy groups -OCH3 is 1. The molecule has 2 N–H and O–H groups in total. The number of hydrogen-bond acceptors (Lipinski definition) is 7. The third-order valence-electron chi connectivity index (χ3n) is 7.70. The summed E-state index contributed by atoms with van der Waals surface area (Å²) in [6.07, 6.45) is 7.75. The number of halogens is 2. The minimum absolute atomic E-state index is 0.0225. The van der Waals surface area contributed by atoms with Crippen LogP contribution in [0.3, 0.4) is 0 Å². The van der Waals surface area contributed by atoms with Gasteiger partial charge in [0, 0.05) is 44.8 Å². The maximum Gasteiger partial charge on any atom is 0.411 e. The molecule has 5 aromatic rings. The first-order valence-electron chi connectivity index (χ1n) is 14.2. The number of aromatic amines is 1. The molecule has 1 saturated heterocycles. The second-order valence-corrected chi connectivity index (χ2v) is 11.7. The molecule has 1 fully saturated rings. The highest BCUT2D eigenvalue weighted by Gasteiger charge is 2.37. The maximum absolute atomic E-state index is 14.0. The van der Waals surface area contributed by atoms with E-state index >= 15 is 0 Å². The van der Waals surface area contributed by atoms with Crippen LogP contribution >= 0.6 is 27.5 Å². The molecule has 1 aliphatic rings. The van der Waals surface area contributed by atoms with Crippen LogP contribution in [0.15, 0.2) is 89.8 Å². The van der Waals surface area contributed by atoms with E-state index in [1.807, 2.05) is 29.2 Å². The van der Waals surface area contributed by atoms with E-state index in [9.17, 15) is 9.59 Å². The summed E-state index contributed by atoms with van der Waals surface area (Å²) in [5.41, 5.74) is 4.74. The summed E-state index contributed by atoms with van der Waals surface area (Å²) in [4.78, 5) is 35.8. The average molecular weight is 688 g/mol. The molecule has 1 aliphatic heterocycles. The molecule has 3 heterocycles. The Labute approximate surface area is 272 Å². The van der Waals surface area contributed by atoms with Crippen LogP contribution in [-0.4, -0.2) is 60.7 Å². The van der Waals surface area contributed by atoms with E-state index in [1.165, 1.54) is 18.1 Å². The minimum atomic E-state index is -0.552. The van der Waals surface area contributed by atoms with Gasteiger partial charge < -0.3 is 14.6 Å². The lowest BCUT2D eigenvalue weighted by atomic mass is 9.83. The Morgan fingerprint density at radius 1 is 1.13 bits per heavy atom. The highest BCUT2D eigenvalue weighted by Crippen LogP contribution is 2.42. The van der Waals surface area contributed by atoms with Crippen LogP contribution in [0.1, 0.15) is 41.8 Å². The van der Waals surface area contributed by atoms with E-state index < -0.39 is 6.09 Å². The van der Waals surface area contributed by atoms with Crippen molar-refractivity contribution in [2.75, 3.05) is 19.0 Å². The molecule has 0 spiro atoms. The Kier molecular flexibility index (Phi) is 9.03. The fourth-order valence-corrected chi connectivity index (χ4v) is 6.40. The number of ether oxygens (including phenoxy) is 1. The van der Waals surface area contributed by atoms with Crippen molar-refractivity contribution in [2.45, 2.75) is 24.8 Å². The van der Waals surface area contributed by atoms with Gasteiger partial charge in [0.25, 0.3) is 0 Å². The number of nitrogens with zero attached hydrogens (tertiary/aromatic N) is 6. The molecule has 0 saturated carbocycles. The molecule has 2 amide bonds. The lowest BCUT2D eigenvalue weighted by Crippen LogP contribution is -2.41. The number of piperidine rings is 1. The van der Waals surface area contributed by atoms with E-state index in [1.54, 1.807) is 48.7 Å². The second-order valence-electron chi connectivity index (χ2n) is 10.4. The van der Waals surface area contributed by atoms with Crippen molar-refractivity contribution in [2.24, 2.45) is 0 Å². The largest absolute Gasteiger partial charge is 0.453 e. The van der Waals surface area contributed by atoms with Crippen LogP contribution in [0.25, 0.3) is 23.0 Å². The Balaban J connectivity index is 1.33. The van der Waals surface area contributed by atoms with Gasteiger partial charge in [0.15, 0.2) is 0 Å². The number of carbonyl (C=O) groups is 2. The molecule has 3 aromatic carbocycles. The molecule has 0 bridgehead atoms. The molecule has 2 atom stereocenters. The normalized spacial score (nSPS) is 16.6. The zero-order valence-electron chi connectivity index (χ0n) is 24.1. The number of tetrazole rings is 1. The second kappa shape index (κ2) is 13.4. The predicted octanol–water partition coefficient (Wildman–Crippen LogP) is 6.81. The number of carbonyl (C=O) groups excluding carboxylic acids is 2. The highest BCUT2D eigenvalue weighted by molar-refractivity contribution is 9.10. The lowest BCUT2D eigenvalue weighted by molar-refractivity contribution is -0.130. The van der Waals surface area contributed by atoms with Gasteiger partial charge in [-0.1, -0.05) is 57.9 Å². The Morgan fingerprint density at radius 3 is 2.73 bits per heavy atom. The van der Waals surface area contributed by atoms with Gasteiger partial charge in [-0.05, 0) is 71.3 Å². The van der Waals surface area contributed by atoms with Gasteiger partial charge in [0.1, 0.15) is 12.2 Å². The number of imidazole rings is 1. The monoisotopic (exact) mass is 686 g/mol.